The molecule has 0 spiro atoms. The van der Waals surface area contributed by atoms with Crippen molar-refractivity contribution in [2.75, 3.05) is 0 Å². The van der Waals surface area contributed by atoms with E-state index in [9.17, 15) is 9.18 Å². The molecule has 0 saturated heterocycles. The van der Waals surface area contributed by atoms with Gasteiger partial charge in [0.05, 0.1) is 10.9 Å². The zero-order valence-electron chi connectivity index (χ0n) is 10.3. The van der Waals surface area contributed by atoms with E-state index in [1.807, 2.05) is 13.0 Å². The fourth-order valence-corrected chi connectivity index (χ4v) is 2.06. The van der Waals surface area contributed by atoms with Crippen LogP contribution in [0, 0.1) is 12.7 Å². The fourth-order valence-electron chi connectivity index (χ4n) is 2.06. The molecule has 0 aliphatic heterocycles. The van der Waals surface area contributed by atoms with Crippen LogP contribution in [0.25, 0.3) is 22.3 Å². The maximum Gasteiger partial charge on any atom is 0.193 e. The Morgan fingerprint density at radius 1 is 1.05 bits per heavy atom. The van der Waals surface area contributed by atoms with Crippen LogP contribution in [0.4, 0.5) is 4.39 Å². The summed E-state index contributed by atoms with van der Waals surface area (Å²) in [5.41, 5.74) is 1.58. The molecule has 0 unspecified atom stereocenters. The summed E-state index contributed by atoms with van der Waals surface area (Å²) in [5, 5.41) is 0.514. The Hall–Kier alpha value is -2.42. The summed E-state index contributed by atoms with van der Waals surface area (Å²) >= 11 is 0. The lowest BCUT2D eigenvalue weighted by atomic mass is 10.1. The van der Waals surface area contributed by atoms with E-state index in [-0.39, 0.29) is 11.2 Å². The second-order valence-electron chi connectivity index (χ2n) is 4.45. The van der Waals surface area contributed by atoms with Gasteiger partial charge in [0.2, 0.25) is 0 Å². The lowest BCUT2D eigenvalue weighted by Gasteiger charge is -2.04. The zero-order valence-corrected chi connectivity index (χ0v) is 10.3. The van der Waals surface area contributed by atoms with Crippen molar-refractivity contribution in [3.8, 4) is 11.3 Å². The predicted molar refractivity (Wildman–Crippen MR) is 72.6 cm³/mol. The Bertz CT molecular complexity index is 818. The third kappa shape index (κ3) is 2.03. The molecule has 2 aromatic carbocycles. The van der Waals surface area contributed by atoms with Gasteiger partial charge in [-0.2, -0.15) is 0 Å². The number of rotatable bonds is 1. The van der Waals surface area contributed by atoms with E-state index in [1.165, 1.54) is 12.1 Å². The molecule has 0 N–H and O–H groups in total. The summed E-state index contributed by atoms with van der Waals surface area (Å²) in [7, 11) is 0. The van der Waals surface area contributed by atoms with E-state index >= 15 is 0 Å². The molecule has 0 fully saturated rings. The molecule has 0 aliphatic carbocycles. The van der Waals surface area contributed by atoms with Crippen LogP contribution in [0.3, 0.4) is 0 Å². The third-order valence-electron chi connectivity index (χ3n) is 3.02. The number of halogens is 1. The maximum absolute atomic E-state index is 13.7. The van der Waals surface area contributed by atoms with Crippen LogP contribution in [0.1, 0.15) is 5.56 Å². The second-order valence-corrected chi connectivity index (χ2v) is 4.45. The molecule has 0 amide bonds. The Morgan fingerprint density at radius 3 is 2.63 bits per heavy atom. The first-order valence-corrected chi connectivity index (χ1v) is 5.94. The van der Waals surface area contributed by atoms with Crippen molar-refractivity contribution in [3.05, 3.63) is 70.1 Å². The van der Waals surface area contributed by atoms with E-state index in [0.717, 1.165) is 5.56 Å². The number of hydrogen-bond donors (Lipinski definition) is 0. The zero-order chi connectivity index (χ0) is 13.4. The second kappa shape index (κ2) is 4.35. The maximum atomic E-state index is 13.7. The van der Waals surface area contributed by atoms with Crippen molar-refractivity contribution in [3.63, 3.8) is 0 Å². The molecule has 0 atom stereocenters. The number of fused-ring (bicyclic) bond motifs is 1. The average molecular weight is 254 g/mol. The minimum Gasteiger partial charge on any atom is -0.456 e. The van der Waals surface area contributed by atoms with E-state index in [1.54, 1.807) is 30.3 Å². The largest absolute Gasteiger partial charge is 0.456 e. The first-order chi connectivity index (χ1) is 9.15. The SMILES string of the molecule is Cc1ccc2oc(-c3ccccc3F)cc(=O)c2c1. The van der Waals surface area contributed by atoms with Gasteiger partial charge in [0.15, 0.2) is 5.43 Å². The van der Waals surface area contributed by atoms with E-state index in [2.05, 4.69) is 0 Å². The van der Waals surface area contributed by atoms with Gasteiger partial charge in [0.25, 0.3) is 0 Å². The van der Waals surface area contributed by atoms with Crippen LogP contribution in [-0.4, -0.2) is 0 Å². The van der Waals surface area contributed by atoms with Gasteiger partial charge in [0.1, 0.15) is 17.2 Å². The molecule has 0 radical (unpaired) electrons. The van der Waals surface area contributed by atoms with Gasteiger partial charge in [-0.3, -0.25) is 4.79 Å². The van der Waals surface area contributed by atoms with Crippen molar-refractivity contribution in [1.29, 1.82) is 0 Å². The first-order valence-electron chi connectivity index (χ1n) is 5.94. The van der Waals surface area contributed by atoms with Gasteiger partial charge in [-0.15, -0.1) is 0 Å². The van der Waals surface area contributed by atoms with Crippen molar-refractivity contribution < 1.29 is 8.81 Å². The highest BCUT2D eigenvalue weighted by atomic mass is 19.1. The molecule has 94 valence electrons. The van der Waals surface area contributed by atoms with E-state index in [4.69, 9.17) is 4.42 Å². The van der Waals surface area contributed by atoms with Crippen molar-refractivity contribution in [1.82, 2.24) is 0 Å². The lowest BCUT2D eigenvalue weighted by molar-refractivity contribution is 0.594. The quantitative estimate of drug-likeness (QED) is 0.659. The van der Waals surface area contributed by atoms with Crippen LogP contribution in [0.2, 0.25) is 0 Å². The van der Waals surface area contributed by atoms with Gasteiger partial charge in [0, 0.05) is 6.07 Å². The molecular formula is C16H11FO2. The van der Waals surface area contributed by atoms with Crippen LogP contribution in [0.15, 0.2) is 57.7 Å². The summed E-state index contributed by atoms with van der Waals surface area (Å²) in [4.78, 5) is 12.1. The highest BCUT2D eigenvalue weighted by Crippen LogP contribution is 2.24. The molecule has 3 aromatic rings. The molecule has 0 aliphatic rings. The molecular weight excluding hydrogens is 243 g/mol. The van der Waals surface area contributed by atoms with Gasteiger partial charge in [-0.25, -0.2) is 4.39 Å². The topological polar surface area (TPSA) is 30.2 Å². The number of hydrogen-bond acceptors (Lipinski definition) is 2. The number of benzene rings is 2. The molecule has 3 rings (SSSR count). The average Bonchev–Trinajstić information content (AvgIpc) is 2.40. The van der Waals surface area contributed by atoms with E-state index in [0.29, 0.717) is 16.5 Å². The minimum absolute atomic E-state index is 0.164. The van der Waals surface area contributed by atoms with Crippen LogP contribution >= 0.6 is 0 Å². The van der Waals surface area contributed by atoms with Gasteiger partial charge >= 0.3 is 0 Å². The molecule has 1 heterocycles. The van der Waals surface area contributed by atoms with E-state index < -0.39 is 5.82 Å². The number of aryl methyl sites for hydroxylation is 1. The fraction of sp³-hybridized carbons (Fsp3) is 0.0625. The molecule has 0 bridgehead atoms. The first kappa shape index (κ1) is 11.7. The normalized spacial score (nSPS) is 10.8. The lowest BCUT2D eigenvalue weighted by Crippen LogP contribution is -2.01. The Morgan fingerprint density at radius 2 is 1.84 bits per heavy atom. The van der Waals surface area contributed by atoms with Crippen LogP contribution in [0.5, 0.6) is 0 Å². The summed E-state index contributed by atoms with van der Waals surface area (Å²) in [6, 6.07) is 12.9. The van der Waals surface area contributed by atoms with Crippen LogP contribution < -0.4 is 5.43 Å². The summed E-state index contributed by atoms with van der Waals surface area (Å²) < 4.78 is 19.3. The molecule has 2 nitrogen and oxygen atoms in total. The summed E-state index contributed by atoms with van der Waals surface area (Å²) in [6.07, 6.45) is 0. The predicted octanol–water partition coefficient (Wildman–Crippen LogP) is 3.91. The van der Waals surface area contributed by atoms with Crippen molar-refractivity contribution >= 4 is 11.0 Å². The minimum atomic E-state index is -0.405. The van der Waals surface area contributed by atoms with Gasteiger partial charge in [-0.05, 0) is 31.2 Å². The smallest absolute Gasteiger partial charge is 0.193 e. The standard InChI is InChI=1S/C16H11FO2/c1-10-6-7-15-12(8-10)14(18)9-16(19-15)11-4-2-3-5-13(11)17/h2-9H,1H3. The summed E-state index contributed by atoms with van der Waals surface area (Å²) in [5.74, 6) is -0.156. The molecule has 3 heteroatoms. The van der Waals surface area contributed by atoms with Crippen molar-refractivity contribution in [2.24, 2.45) is 0 Å². The Labute approximate surface area is 109 Å². The van der Waals surface area contributed by atoms with Crippen molar-refractivity contribution in [2.45, 2.75) is 6.92 Å². The van der Waals surface area contributed by atoms with Gasteiger partial charge < -0.3 is 4.42 Å². The highest BCUT2D eigenvalue weighted by molar-refractivity contribution is 5.79. The third-order valence-corrected chi connectivity index (χ3v) is 3.02. The Kier molecular flexibility index (Phi) is 2.67. The monoisotopic (exact) mass is 254 g/mol. The van der Waals surface area contributed by atoms with Crippen LogP contribution in [-0.2, 0) is 0 Å². The van der Waals surface area contributed by atoms with Gasteiger partial charge in [-0.1, -0.05) is 23.8 Å². The molecule has 1 aromatic heterocycles. The Balaban J connectivity index is 2.31. The summed E-state index contributed by atoms with van der Waals surface area (Å²) in [6.45, 7) is 1.91. The molecule has 19 heavy (non-hydrogen) atoms. The highest BCUT2D eigenvalue weighted by Gasteiger charge is 2.10. The molecule has 0 saturated carbocycles.